The number of nitrogens with zero attached hydrogens (tertiary/aromatic N) is 4. The van der Waals surface area contributed by atoms with Gasteiger partial charge in [-0.3, -0.25) is 9.55 Å². The Morgan fingerprint density at radius 2 is 1.96 bits per heavy atom. The second-order valence-electron chi connectivity index (χ2n) is 6.04. The molecule has 0 saturated carbocycles. The predicted octanol–water partition coefficient (Wildman–Crippen LogP) is 4.28. The molecule has 6 nitrogen and oxygen atoms in total. The molecule has 3 aromatic heterocycles. The molecule has 136 valence electrons. The number of imidazole rings is 1. The van der Waals surface area contributed by atoms with Crippen LogP contribution >= 0.6 is 0 Å². The molecule has 4 aromatic rings. The lowest BCUT2D eigenvalue weighted by Crippen LogP contribution is -2.00. The van der Waals surface area contributed by atoms with Crippen molar-refractivity contribution in [3.63, 3.8) is 0 Å². The first-order valence-corrected chi connectivity index (χ1v) is 8.87. The molecule has 0 aliphatic carbocycles. The summed E-state index contributed by atoms with van der Waals surface area (Å²) in [6.07, 6.45) is 4.50. The molecule has 4 rings (SSSR count). The van der Waals surface area contributed by atoms with Crippen molar-refractivity contribution in [3.8, 4) is 28.8 Å². The van der Waals surface area contributed by atoms with Crippen LogP contribution in [0.1, 0.15) is 13.3 Å². The topological polar surface area (TPSA) is 62.1 Å². The summed E-state index contributed by atoms with van der Waals surface area (Å²) in [7, 11) is 1.60. The molecular weight excluding hydrogens is 340 g/mol. The Bertz CT molecular complexity index is 1040. The Morgan fingerprint density at radius 1 is 1.04 bits per heavy atom. The van der Waals surface area contributed by atoms with Gasteiger partial charge >= 0.3 is 0 Å². The van der Waals surface area contributed by atoms with E-state index in [0.29, 0.717) is 12.5 Å². The van der Waals surface area contributed by atoms with Gasteiger partial charge in [0.25, 0.3) is 0 Å². The van der Waals surface area contributed by atoms with Crippen LogP contribution in [0.15, 0.2) is 60.9 Å². The van der Waals surface area contributed by atoms with Crippen LogP contribution in [0.5, 0.6) is 11.6 Å². The molecule has 0 saturated heterocycles. The van der Waals surface area contributed by atoms with E-state index in [1.165, 1.54) is 0 Å². The Morgan fingerprint density at radius 3 is 2.67 bits per heavy atom. The van der Waals surface area contributed by atoms with Crippen LogP contribution in [-0.4, -0.2) is 33.2 Å². The monoisotopic (exact) mass is 360 g/mol. The van der Waals surface area contributed by atoms with Crippen molar-refractivity contribution in [2.75, 3.05) is 13.7 Å². The van der Waals surface area contributed by atoms with E-state index in [2.05, 4.69) is 16.9 Å². The third-order valence-electron chi connectivity index (χ3n) is 4.18. The number of hydrogen-bond donors (Lipinski definition) is 0. The SMILES string of the molecule is CCCOc1ccc2c(c1)nc(-c1ccccn1)n2-c1ccc(OC)nc1. The van der Waals surface area contributed by atoms with Gasteiger partial charge in [-0.25, -0.2) is 9.97 Å². The lowest BCUT2D eigenvalue weighted by atomic mass is 10.3. The highest BCUT2D eigenvalue weighted by molar-refractivity contribution is 5.83. The van der Waals surface area contributed by atoms with Crippen molar-refractivity contribution in [2.24, 2.45) is 0 Å². The van der Waals surface area contributed by atoms with E-state index in [9.17, 15) is 0 Å². The third kappa shape index (κ3) is 3.33. The zero-order chi connectivity index (χ0) is 18.6. The molecule has 27 heavy (non-hydrogen) atoms. The minimum Gasteiger partial charge on any atom is -0.494 e. The number of fused-ring (bicyclic) bond motifs is 1. The number of ether oxygens (including phenoxy) is 2. The van der Waals surface area contributed by atoms with Crippen LogP contribution in [0.4, 0.5) is 0 Å². The number of aromatic nitrogens is 4. The first-order chi connectivity index (χ1) is 13.3. The van der Waals surface area contributed by atoms with E-state index in [1.54, 1.807) is 19.5 Å². The molecule has 0 radical (unpaired) electrons. The molecule has 3 heterocycles. The highest BCUT2D eigenvalue weighted by Crippen LogP contribution is 2.30. The fourth-order valence-corrected chi connectivity index (χ4v) is 2.92. The quantitative estimate of drug-likeness (QED) is 0.513. The van der Waals surface area contributed by atoms with E-state index < -0.39 is 0 Å². The number of pyridine rings is 2. The summed E-state index contributed by atoms with van der Waals surface area (Å²) in [4.78, 5) is 13.6. The number of hydrogen-bond acceptors (Lipinski definition) is 5. The summed E-state index contributed by atoms with van der Waals surface area (Å²) in [6, 6.07) is 15.5. The summed E-state index contributed by atoms with van der Waals surface area (Å²) in [5.74, 6) is 2.14. The first kappa shape index (κ1) is 17.0. The van der Waals surface area contributed by atoms with E-state index in [1.807, 2.05) is 53.1 Å². The van der Waals surface area contributed by atoms with Crippen LogP contribution in [0.3, 0.4) is 0 Å². The summed E-state index contributed by atoms with van der Waals surface area (Å²) < 4.78 is 13.0. The van der Waals surface area contributed by atoms with Crippen molar-refractivity contribution >= 4 is 11.0 Å². The highest BCUT2D eigenvalue weighted by atomic mass is 16.5. The third-order valence-corrected chi connectivity index (χ3v) is 4.18. The standard InChI is InChI=1S/C21H20N4O2/c1-3-12-27-16-8-9-19-18(13-16)24-21(17-6-4-5-11-22-17)25(19)15-7-10-20(26-2)23-14-15/h4-11,13-14H,3,12H2,1-2H3. The van der Waals surface area contributed by atoms with Crippen LogP contribution in [0.2, 0.25) is 0 Å². The lowest BCUT2D eigenvalue weighted by molar-refractivity contribution is 0.318. The van der Waals surface area contributed by atoms with Crippen LogP contribution in [-0.2, 0) is 0 Å². The number of rotatable bonds is 6. The van der Waals surface area contributed by atoms with Crippen molar-refractivity contribution in [3.05, 3.63) is 60.9 Å². The van der Waals surface area contributed by atoms with Gasteiger partial charge in [0.05, 0.1) is 36.6 Å². The maximum atomic E-state index is 5.76. The molecule has 0 atom stereocenters. The summed E-state index contributed by atoms with van der Waals surface area (Å²) in [6.45, 7) is 2.77. The highest BCUT2D eigenvalue weighted by Gasteiger charge is 2.16. The normalized spacial score (nSPS) is 10.9. The molecule has 0 unspecified atom stereocenters. The Hall–Kier alpha value is -3.41. The molecule has 0 aliphatic rings. The van der Waals surface area contributed by atoms with E-state index in [-0.39, 0.29) is 0 Å². The van der Waals surface area contributed by atoms with Crippen molar-refractivity contribution < 1.29 is 9.47 Å². The molecular formula is C21H20N4O2. The second kappa shape index (κ2) is 7.45. The minimum atomic E-state index is 0.567. The van der Waals surface area contributed by atoms with Crippen molar-refractivity contribution in [2.45, 2.75) is 13.3 Å². The fraction of sp³-hybridized carbons (Fsp3) is 0.190. The zero-order valence-corrected chi connectivity index (χ0v) is 15.3. The molecule has 0 fully saturated rings. The van der Waals surface area contributed by atoms with Gasteiger partial charge in [0.1, 0.15) is 11.4 Å². The van der Waals surface area contributed by atoms with Gasteiger partial charge in [-0.15, -0.1) is 0 Å². The fourth-order valence-electron chi connectivity index (χ4n) is 2.92. The molecule has 6 heteroatoms. The van der Waals surface area contributed by atoms with Gasteiger partial charge in [0.2, 0.25) is 5.88 Å². The van der Waals surface area contributed by atoms with Crippen LogP contribution in [0, 0.1) is 0 Å². The Balaban J connectivity index is 1.90. The van der Waals surface area contributed by atoms with Crippen molar-refractivity contribution in [1.82, 2.24) is 19.5 Å². The summed E-state index contributed by atoms with van der Waals surface area (Å²) >= 11 is 0. The van der Waals surface area contributed by atoms with Gasteiger partial charge in [-0.1, -0.05) is 13.0 Å². The van der Waals surface area contributed by atoms with Gasteiger partial charge in [-0.05, 0) is 36.8 Å². The van der Waals surface area contributed by atoms with Crippen LogP contribution < -0.4 is 9.47 Å². The smallest absolute Gasteiger partial charge is 0.213 e. The average molecular weight is 360 g/mol. The average Bonchev–Trinajstić information content (AvgIpc) is 3.11. The zero-order valence-electron chi connectivity index (χ0n) is 15.3. The van der Waals surface area contributed by atoms with E-state index in [4.69, 9.17) is 14.5 Å². The largest absolute Gasteiger partial charge is 0.494 e. The molecule has 0 bridgehead atoms. The van der Waals surface area contributed by atoms with Crippen molar-refractivity contribution in [1.29, 1.82) is 0 Å². The van der Waals surface area contributed by atoms with Crippen LogP contribution in [0.25, 0.3) is 28.2 Å². The summed E-state index contributed by atoms with van der Waals surface area (Å²) in [5, 5.41) is 0. The maximum Gasteiger partial charge on any atom is 0.213 e. The van der Waals surface area contributed by atoms with E-state index >= 15 is 0 Å². The molecule has 0 N–H and O–H groups in total. The summed E-state index contributed by atoms with van der Waals surface area (Å²) in [5.41, 5.74) is 3.49. The predicted molar refractivity (Wildman–Crippen MR) is 104 cm³/mol. The second-order valence-corrected chi connectivity index (χ2v) is 6.04. The molecule has 0 amide bonds. The molecule has 0 spiro atoms. The Kier molecular flexibility index (Phi) is 4.70. The lowest BCUT2D eigenvalue weighted by Gasteiger charge is -2.09. The molecule has 1 aromatic carbocycles. The first-order valence-electron chi connectivity index (χ1n) is 8.87. The number of methoxy groups -OCH3 is 1. The van der Waals surface area contributed by atoms with Gasteiger partial charge in [0.15, 0.2) is 5.82 Å². The minimum absolute atomic E-state index is 0.567. The van der Waals surface area contributed by atoms with Gasteiger partial charge in [-0.2, -0.15) is 0 Å². The molecule has 0 aliphatic heterocycles. The van der Waals surface area contributed by atoms with Gasteiger partial charge < -0.3 is 9.47 Å². The van der Waals surface area contributed by atoms with Gasteiger partial charge in [0, 0.05) is 18.3 Å². The Labute approximate surface area is 157 Å². The van der Waals surface area contributed by atoms with E-state index in [0.717, 1.165) is 40.4 Å². The number of benzene rings is 1. The maximum absolute atomic E-state index is 5.76.